The number of hydrogen-bond donors (Lipinski definition) is 1. The van der Waals surface area contributed by atoms with Crippen LogP contribution in [0.25, 0.3) is 10.9 Å². The molecule has 1 N–H and O–H groups in total. The zero-order chi connectivity index (χ0) is 11.2. The first kappa shape index (κ1) is 10.7. The Balaban J connectivity index is 2.92. The van der Waals surface area contributed by atoms with Crippen LogP contribution in [-0.2, 0) is 10.0 Å². The summed E-state index contributed by atoms with van der Waals surface area (Å²) in [6.07, 6.45) is 2.69. The molecule has 0 fully saturated rings. The van der Waals surface area contributed by atoms with Crippen LogP contribution >= 0.6 is 22.6 Å². The fourth-order valence-corrected chi connectivity index (χ4v) is 3.14. The van der Waals surface area contributed by atoms with Crippen LogP contribution in [0, 0.1) is 3.57 Å². The molecule has 1 aromatic heterocycles. The third kappa shape index (κ3) is 1.83. The third-order valence-corrected chi connectivity index (χ3v) is 3.94. The van der Waals surface area contributed by atoms with E-state index >= 15 is 0 Å². The minimum absolute atomic E-state index is 0.131. The van der Waals surface area contributed by atoms with E-state index in [1.54, 1.807) is 18.3 Å². The van der Waals surface area contributed by atoms with Crippen molar-refractivity contribution >= 4 is 43.5 Å². The SMILES string of the molecule is CS(=O)(=O)n1cc(I)c2cc(O)ccc21. The molecule has 2 aromatic rings. The van der Waals surface area contributed by atoms with Crippen molar-refractivity contribution in [1.29, 1.82) is 0 Å². The van der Waals surface area contributed by atoms with Crippen molar-refractivity contribution in [2.24, 2.45) is 0 Å². The van der Waals surface area contributed by atoms with Crippen molar-refractivity contribution in [2.75, 3.05) is 6.26 Å². The highest BCUT2D eigenvalue weighted by atomic mass is 127. The summed E-state index contributed by atoms with van der Waals surface area (Å²) in [6.45, 7) is 0. The molecule has 0 unspecified atom stereocenters. The fourth-order valence-electron chi connectivity index (χ4n) is 1.42. The maximum atomic E-state index is 11.4. The molecule has 0 radical (unpaired) electrons. The highest BCUT2D eigenvalue weighted by Crippen LogP contribution is 2.27. The molecule has 80 valence electrons. The summed E-state index contributed by atoms with van der Waals surface area (Å²) >= 11 is 2.04. The van der Waals surface area contributed by atoms with Gasteiger partial charge in [-0.15, -0.1) is 0 Å². The minimum atomic E-state index is -3.29. The molecule has 1 aromatic carbocycles. The molecule has 15 heavy (non-hydrogen) atoms. The third-order valence-electron chi connectivity index (χ3n) is 2.06. The van der Waals surface area contributed by atoms with E-state index in [9.17, 15) is 13.5 Å². The zero-order valence-electron chi connectivity index (χ0n) is 7.81. The summed E-state index contributed by atoms with van der Waals surface area (Å²) < 4.78 is 24.9. The number of phenols is 1. The molecular weight excluding hydrogens is 329 g/mol. The highest BCUT2D eigenvalue weighted by Gasteiger charge is 2.13. The average molecular weight is 337 g/mol. The van der Waals surface area contributed by atoms with E-state index < -0.39 is 10.0 Å². The summed E-state index contributed by atoms with van der Waals surface area (Å²) in [5.41, 5.74) is 0.583. The smallest absolute Gasteiger partial charge is 0.236 e. The Morgan fingerprint density at radius 3 is 2.67 bits per heavy atom. The first-order chi connectivity index (χ1) is 6.89. The van der Waals surface area contributed by atoms with Crippen LogP contribution in [0.15, 0.2) is 24.4 Å². The van der Waals surface area contributed by atoms with Crippen molar-refractivity contribution < 1.29 is 13.5 Å². The molecule has 6 heteroatoms. The molecule has 0 saturated heterocycles. The lowest BCUT2D eigenvalue weighted by Crippen LogP contribution is -2.07. The molecule has 0 amide bonds. The normalized spacial score (nSPS) is 12.1. The lowest BCUT2D eigenvalue weighted by Gasteiger charge is -2.01. The lowest BCUT2D eigenvalue weighted by atomic mass is 10.2. The summed E-state index contributed by atoms with van der Waals surface area (Å²) in [4.78, 5) is 0. The van der Waals surface area contributed by atoms with Crippen LogP contribution in [0.4, 0.5) is 0 Å². The van der Waals surface area contributed by atoms with Gasteiger partial charge in [0.25, 0.3) is 0 Å². The van der Waals surface area contributed by atoms with Gasteiger partial charge in [0.1, 0.15) is 5.75 Å². The van der Waals surface area contributed by atoms with E-state index in [4.69, 9.17) is 0 Å². The molecule has 4 nitrogen and oxygen atoms in total. The van der Waals surface area contributed by atoms with E-state index in [2.05, 4.69) is 0 Å². The second kappa shape index (κ2) is 3.38. The van der Waals surface area contributed by atoms with Gasteiger partial charge in [0.05, 0.1) is 11.8 Å². The molecule has 0 saturated carbocycles. The summed E-state index contributed by atoms with van der Waals surface area (Å²) in [7, 11) is -3.29. The van der Waals surface area contributed by atoms with Gasteiger partial charge in [-0.3, -0.25) is 0 Å². The van der Waals surface area contributed by atoms with E-state index in [0.29, 0.717) is 5.52 Å². The van der Waals surface area contributed by atoms with Gasteiger partial charge in [-0.1, -0.05) is 0 Å². The van der Waals surface area contributed by atoms with E-state index in [1.165, 1.54) is 10.0 Å². The Bertz CT molecular complexity index is 630. The van der Waals surface area contributed by atoms with Gasteiger partial charge in [0.15, 0.2) is 0 Å². The van der Waals surface area contributed by atoms with Crippen LogP contribution in [0.2, 0.25) is 0 Å². The quantitative estimate of drug-likeness (QED) is 0.807. The Morgan fingerprint density at radius 1 is 1.40 bits per heavy atom. The summed E-state index contributed by atoms with van der Waals surface area (Å²) in [5.74, 6) is 0.131. The van der Waals surface area contributed by atoms with Gasteiger partial charge in [0.2, 0.25) is 10.0 Å². The first-order valence-electron chi connectivity index (χ1n) is 4.10. The summed E-state index contributed by atoms with van der Waals surface area (Å²) in [6, 6.07) is 4.62. The molecule has 0 aliphatic heterocycles. The second-order valence-electron chi connectivity index (χ2n) is 3.24. The van der Waals surface area contributed by atoms with Crippen LogP contribution in [0.3, 0.4) is 0 Å². The van der Waals surface area contributed by atoms with Crippen LogP contribution in [-0.4, -0.2) is 23.8 Å². The molecular formula is C9H8INO3S. The Labute approximate surface area is 101 Å². The average Bonchev–Trinajstić information content (AvgIpc) is 2.43. The van der Waals surface area contributed by atoms with Gasteiger partial charge in [0, 0.05) is 15.2 Å². The number of phenolic OH excluding ortho intramolecular Hbond substituents is 1. The lowest BCUT2D eigenvalue weighted by molar-refractivity contribution is 0.476. The number of halogens is 1. The number of hydrogen-bond acceptors (Lipinski definition) is 3. The Hall–Kier alpha value is -0.760. The van der Waals surface area contributed by atoms with E-state index in [1.807, 2.05) is 22.6 Å². The van der Waals surface area contributed by atoms with Crippen molar-refractivity contribution in [3.8, 4) is 5.75 Å². The number of aromatic hydroxyl groups is 1. The number of rotatable bonds is 1. The standard InChI is InChI=1S/C9H8INO3S/c1-15(13,14)11-5-8(10)7-4-6(12)2-3-9(7)11/h2-5,12H,1H3. The molecule has 0 aliphatic rings. The maximum Gasteiger partial charge on any atom is 0.236 e. The van der Waals surface area contributed by atoms with Crippen molar-refractivity contribution in [3.05, 3.63) is 28.0 Å². The molecule has 1 heterocycles. The monoisotopic (exact) mass is 337 g/mol. The van der Waals surface area contributed by atoms with Gasteiger partial charge < -0.3 is 5.11 Å². The first-order valence-corrected chi connectivity index (χ1v) is 7.02. The zero-order valence-corrected chi connectivity index (χ0v) is 10.8. The topological polar surface area (TPSA) is 59.3 Å². The maximum absolute atomic E-state index is 11.4. The Kier molecular flexibility index (Phi) is 2.42. The van der Waals surface area contributed by atoms with Crippen molar-refractivity contribution in [3.63, 3.8) is 0 Å². The van der Waals surface area contributed by atoms with Gasteiger partial charge >= 0.3 is 0 Å². The van der Waals surface area contributed by atoms with Crippen LogP contribution in [0.5, 0.6) is 5.75 Å². The molecule has 0 atom stereocenters. The van der Waals surface area contributed by atoms with E-state index in [-0.39, 0.29) is 5.75 Å². The predicted octanol–water partition coefficient (Wildman–Crippen LogP) is 1.76. The number of aromatic nitrogens is 1. The van der Waals surface area contributed by atoms with E-state index in [0.717, 1.165) is 15.2 Å². The Morgan fingerprint density at radius 2 is 2.07 bits per heavy atom. The van der Waals surface area contributed by atoms with Crippen LogP contribution in [0.1, 0.15) is 0 Å². The molecule has 0 bridgehead atoms. The minimum Gasteiger partial charge on any atom is -0.508 e. The number of nitrogens with zero attached hydrogens (tertiary/aromatic N) is 1. The number of fused-ring (bicyclic) bond motifs is 1. The van der Waals surface area contributed by atoms with Crippen LogP contribution < -0.4 is 0 Å². The fraction of sp³-hybridized carbons (Fsp3) is 0.111. The predicted molar refractivity (Wildman–Crippen MR) is 66.6 cm³/mol. The molecule has 0 aliphatic carbocycles. The van der Waals surface area contributed by atoms with Gasteiger partial charge in [-0.25, -0.2) is 12.4 Å². The summed E-state index contributed by atoms with van der Waals surface area (Å²) in [5, 5.41) is 10.0. The van der Waals surface area contributed by atoms with Gasteiger partial charge in [-0.05, 0) is 40.8 Å². The largest absolute Gasteiger partial charge is 0.508 e. The molecule has 2 rings (SSSR count). The molecule has 0 spiro atoms. The number of benzene rings is 1. The van der Waals surface area contributed by atoms with Gasteiger partial charge in [-0.2, -0.15) is 0 Å². The highest BCUT2D eigenvalue weighted by molar-refractivity contribution is 14.1. The van der Waals surface area contributed by atoms with Crippen molar-refractivity contribution in [2.45, 2.75) is 0 Å². The van der Waals surface area contributed by atoms with Crippen molar-refractivity contribution in [1.82, 2.24) is 3.97 Å². The second-order valence-corrected chi connectivity index (χ2v) is 6.26.